The zero-order chi connectivity index (χ0) is 15.6. The van der Waals surface area contributed by atoms with Gasteiger partial charge in [-0.2, -0.15) is 0 Å². The van der Waals surface area contributed by atoms with Crippen LogP contribution in [0.3, 0.4) is 0 Å². The minimum Gasteiger partial charge on any atom is -0.481 e. The first-order chi connectivity index (χ1) is 10.8. The number of nitrogens with zero attached hydrogens (tertiary/aromatic N) is 2. The molecule has 0 aromatic heterocycles. The summed E-state index contributed by atoms with van der Waals surface area (Å²) in [7, 11) is 0. The van der Waals surface area contributed by atoms with E-state index in [9.17, 15) is 0 Å². The highest BCUT2D eigenvalue weighted by molar-refractivity contribution is 14.0. The highest BCUT2D eigenvalue weighted by atomic mass is 127. The third kappa shape index (κ3) is 6.69. The molecule has 5 heteroatoms. The van der Waals surface area contributed by atoms with Crippen LogP contribution in [0.5, 0.6) is 5.75 Å². The summed E-state index contributed by atoms with van der Waals surface area (Å²) in [6, 6.07) is 8.07. The summed E-state index contributed by atoms with van der Waals surface area (Å²) < 4.78 is 5.37. The zero-order valence-corrected chi connectivity index (χ0v) is 16.1. The van der Waals surface area contributed by atoms with Gasteiger partial charge in [-0.1, -0.05) is 18.1 Å². The summed E-state index contributed by atoms with van der Waals surface area (Å²) in [5, 5.41) is 3.38. The molecule has 0 bridgehead atoms. The second-order valence-electron chi connectivity index (χ2n) is 5.32. The lowest BCUT2D eigenvalue weighted by Gasteiger charge is -2.20. The molecular weight excluding hydrogens is 401 g/mol. The van der Waals surface area contributed by atoms with E-state index in [1.54, 1.807) is 0 Å². The molecule has 23 heavy (non-hydrogen) atoms. The van der Waals surface area contributed by atoms with Gasteiger partial charge in [-0.15, -0.1) is 30.4 Å². The number of hydrogen-bond donors (Lipinski definition) is 1. The van der Waals surface area contributed by atoms with E-state index in [4.69, 9.17) is 16.2 Å². The molecule has 0 saturated carbocycles. The maximum atomic E-state index is 5.37. The molecule has 126 valence electrons. The molecule has 1 aromatic rings. The standard InChI is InChI=1S/C18H25N3O.HI/c1-3-15-22-17-9-7-16(8-10-17)11-12-20-18(19-4-2)21-13-5-6-14-21;/h1,7-10H,4-6,11-15H2,2H3,(H,19,20);1H. The van der Waals surface area contributed by atoms with Crippen LogP contribution in [0.25, 0.3) is 0 Å². The van der Waals surface area contributed by atoms with Gasteiger partial charge in [0.1, 0.15) is 12.4 Å². The van der Waals surface area contributed by atoms with Crippen molar-refractivity contribution >= 4 is 29.9 Å². The minimum atomic E-state index is 0. The second-order valence-corrected chi connectivity index (χ2v) is 5.32. The average molecular weight is 427 g/mol. The Morgan fingerprint density at radius 2 is 2.00 bits per heavy atom. The first-order valence-corrected chi connectivity index (χ1v) is 8.02. The van der Waals surface area contributed by atoms with E-state index in [0.29, 0.717) is 6.61 Å². The summed E-state index contributed by atoms with van der Waals surface area (Å²) in [5.74, 6) is 4.33. The SMILES string of the molecule is C#CCOc1ccc(CCN=C(NCC)N2CCCC2)cc1.I. The van der Waals surface area contributed by atoms with Gasteiger partial charge < -0.3 is 15.0 Å². The van der Waals surface area contributed by atoms with Gasteiger partial charge in [0.2, 0.25) is 0 Å². The molecule has 1 aliphatic rings. The molecule has 0 aliphatic carbocycles. The Bertz CT molecular complexity index is 516. The van der Waals surface area contributed by atoms with Crippen molar-refractivity contribution in [3.63, 3.8) is 0 Å². The van der Waals surface area contributed by atoms with Gasteiger partial charge in [-0.3, -0.25) is 4.99 Å². The third-order valence-electron chi connectivity index (χ3n) is 3.65. The van der Waals surface area contributed by atoms with Crippen LogP contribution in [-0.4, -0.2) is 43.6 Å². The van der Waals surface area contributed by atoms with E-state index in [1.165, 1.54) is 18.4 Å². The van der Waals surface area contributed by atoms with Gasteiger partial charge >= 0.3 is 0 Å². The number of aliphatic imine (C=N–C) groups is 1. The van der Waals surface area contributed by atoms with Crippen molar-refractivity contribution in [2.75, 3.05) is 32.8 Å². The van der Waals surface area contributed by atoms with Crippen LogP contribution in [-0.2, 0) is 6.42 Å². The number of terminal acetylenes is 1. The van der Waals surface area contributed by atoms with Gasteiger partial charge in [-0.25, -0.2) is 0 Å². The van der Waals surface area contributed by atoms with E-state index in [2.05, 4.69) is 35.2 Å². The predicted octanol–water partition coefficient (Wildman–Crippen LogP) is 2.92. The molecule has 1 heterocycles. The smallest absolute Gasteiger partial charge is 0.193 e. The van der Waals surface area contributed by atoms with Crippen molar-refractivity contribution < 1.29 is 4.74 Å². The summed E-state index contributed by atoms with van der Waals surface area (Å²) in [6.07, 6.45) is 8.64. The van der Waals surface area contributed by atoms with Gasteiger partial charge in [0.05, 0.1) is 0 Å². The molecule has 1 N–H and O–H groups in total. The number of ether oxygens (including phenoxy) is 1. The highest BCUT2D eigenvalue weighted by Gasteiger charge is 2.15. The number of rotatable bonds is 6. The number of likely N-dealkylation sites (tertiary alicyclic amines) is 1. The van der Waals surface area contributed by atoms with Crippen LogP contribution in [0, 0.1) is 12.3 Å². The van der Waals surface area contributed by atoms with Crippen molar-refractivity contribution in [1.82, 2.24) is 10.2 Å². The Labute approximate surface area is 156 Å². The fourth-order valence-corrected chi connectivity index (χ4v) is 2.52. The van der Waals surface area contributed by atoms with Gasteiger partial charge in [0.25, 0.3) is 0 Å². The van der Waals surface area contributed by atoms with E-state index < -0.39 is 0 Å². The molecular formula is C18H26IN3O. The van der Waals surface area contributed by atoms with Crippen LogP contribution in [0.15, 0.2) is 29.3 Å². The summed E-state index contributed by atoms with van der Waals surface area (Å²) in [5.41, 5.74) is 1.26. The fourth-order valence-electron chi connectivity index (χ4n) is 2.52. The first-order valence-electron chi connectivity index (χ1n) is 8.02. The van der Waals surface area contributed by atoms with E-state index in [0.717, 1.165) is 44.3 Å². The van der Waals surface area contributed by atoms with E-state index >= 15 is 0 Å². The summed E-state index contributed by atoms with van der Waals surface area (Å²) >= 11 is 0. The number of hydrogen-bond acceptors (Lipinski definition) is 2. The van der Waals surface area contributed by atoms with Gasteiger partial charge in [-0.05, 0) is 43.9 Å². The molecule has 1 aliphatic heterocycles. The maximum absolute atomic E-state index is 5.37. The fraction of sp³-hybridized carbons (Fsp3) is 0.500. The Kier molecular flexibility index (Phi) is 9.53. The summed E-state index contributed by atoms with van der Waals surface area (Å²) in [4.78, 5) is 7.08. The molecule has 2 rings (SSSR count). The molecule has 4 nitrogen and oxygen atoms in total. The second kappa shape index (κ2) is 11.2. The molecule has 1 saturated heterocycles. The van der Waals surface area contributed by atoms with Crippen molar-refractivity contribution in [3.8, 4) is 18.1 Å². The Morgan fingerprint density at radius 3 is 2.61 bits per heavy atom. The van der Waals surface area contributed by atoms with Crippen LogP contribution in [0.2, 0.25) is 0 Å². The maximum Gasteiger partial charge on any atom is 0.193 e. The molecule has 0 radical (unpaired) electrons. The Morgan fingerprint density at radius 1 is 1.30 bits per heavy atom. The van der Waals surface area contributed by atoms with Gasteiger partial charge in [0.15, 0.2) is 5.96 Å². The molecule has 0 unspecified atom stereocenters. The van der Waals surface area contributed by atoms with Crippen molar-refractivity contribution in [2.45, 2.75) is 26.2 Å². The van der Waals surface area contributed by atoms with Crippen LogP contribution in [0.4, 0.5) is 0 Å². The van der Waals surface area contributed by atoms with Crippen molar-refractivity contribution in [2.24, 2.45) is 4.99 Å². The first kappa shape index (κ1) is 19.6. The van der Waals surface area contributed by atoms with E-state index in [-0.39, 0.29) is 24.0 Å². The third-order valence-corrected chi connectivity index (χ3v) is 3.65. The number of halogens is 1. The Hall–Kier alpha value is -1.42. The van der Waals surface area contributed by atoms with Crippen molar-refractivity contribution in [1.29, 1.82) is 0 Å². The molecule has 0 spiro atoms. The topological polar surface area (TPSA) is 36.9 Å². The lowest BCUT2D eigenvalue weighted by Crippen LogP contribution is -2.39. The van der Waals surface area contributed by atoms with E-state index in [1.807, 2.05) is 12.1 Å². The monoisotopic (exact) mass is 427 g/mol. The number of nitrogens with one attached hydrogen (secondary N) is 1. The minimum absolute atomic E-state index is 0. The largest absolute Gasteiger partial charge is 0.481 e. The molecule has 1 fully saturated rings. The summed E-state index contributed by atoms with van der Waals surface area (Å²) in [6.45, 7) is 6.37. The highest BCUT2D eigenvalue weighted by Crippen LogP contribution is 2.13. The Balaban J connectivity index is 0.00000264. The zero-order valence-electron chi connectivity index (χ0n) is 13.8. The molecule has 0 amide bonds. The van der Waals surface area contributed by atoms with Crippen LogP contribution < -0.4 is 10.1 Å². The predicted molar refractivity (Wildman–Crippen MR) is 107 cm³/mol. The van der Waals surface area contributed by atoms with Crippen LogP contribution in [0.1, 0.15) is 25.3 Å². The quantitative estimate of drug-likeness (QED) is 0.328. The number of benzene rings is 1. The molecule has 0 atom stereocenters. The lowest BCUT2D eigenvalue weighted by molar-refractivity contribution is 0.370. The molecule has 1 aromatic carbocycles. The van der Waals surface area contributed by atoms with Crippen molar-refractivity contribution in [3.05, 3.63) is 29.8 Å². The van der Waals surface area contributed by atoms with Gasteiger partial charge in [0, 0.05) is 26.2 Å². The normalized spacial score (nSPS) is 14.1. The van der Waals surface area contributed by atoms with Crippen LogP contribution >= 0.6 is 24.0 Å². The lowest BCUT2D eigenvalue weighted by atomic mass is 10.1. The number of guanidine groups is 1. The average Bonchev–Trinajstić information content (AvgIpc) is 3.07.